The van der Waals surface area contributed by atoms with Crippen molar-refractivity contribution in [3.63, 3.8) is 0 Å². The Balaban J connectivity index is 1.89. The monoisotopic (exact) mass is 405 g/mol. The maximum atomic E-state index is 13.5. The van der Waals surface area contributed by atoms with Crippen molar-refractivity contribution in [3.05, 3.63) is 64.7 Å². The highest BCUT2D eigenvalue weighted by molar-refractivity contribution is 6.29. The van der Waals surface area contributed by atoms with Gasteiger partial charge in [0.2, 0.25) is 5.91 Å². The van der Waals surface area contributed by atoms with Crippen molar-refractivity contribution in [2.75, 3.05) is 31.1 Å². The summed E-state index contributed by atoms with van der Waals surface area (Å²) in [6, 6.07) is 13.2. The molecule has 2 aromatic rings. The van der Waals surface area contributed by atoms with Gasteiger partial charge in [-0.1, -0.05) is 50.2 Å². The van der Waals surface area contributed by atoms with Crippen LogP contribution in [0.5, 0.6) is 0 Å². The first-order valence-corrected chi connectivity index (χ1v) is 10.7. The zero-order valence-corrected chi connectivity index (χ0v) is 18.4. The van der Waals surface area contributed by atoms with Gasteiger partial charge >= 0.3 is 0 Å². The Morgan fingerprint density at radius 3 is 2.33 bits per heavy atom. The molecule has 158 valence electrons. The number of imide groups is 1. The van der Waals surface area contributed by atoms with Gasteiger partial charge in [0, 0.05) is 18.3 Å². The summed E-state index contributed by atoms with van der Waals surface area (Å²) in [6.07, 6.45) is 2.68. The van der Waals surface area contributed by atoms with Crippen LogP contribution in [0.2, 0.25) is 0 Å². The van der Waals surface area contributed by atoms with Crippen LogP contribution in [0.3, 0.4) is 0 Å². The van der Waals surface area contributed by atoms with Crippen LogP contribution in [0.4, 0.5) is 5.69 Å². The predicted molar refractivity (Wildman–Crippen MR) is 123 cm³/mol. The lowest BCUT2D eigenvalue weighted by Crippen LogP contribution is -2.46. The van der Waals surface area contributed by atoms with E-state index in [0.29, 0.717) is 17.8 Å². The van der Waals surface area contributed by atoms with Gasteiger partial charge in [-0.25, -0.2) is 4.90 Å². The van der Waals surface area contributed by atoms with Gasteiger partial charge in [0.05, 0.1) is 11.6 Å². The summed E-state index contributed by atoms with van der Waals surface area (Å²) in [5, 5.41) is 0. The van der Waals surface area contributed by atoms with Crippen LogP contribution in [0.15, 0.2) is 47.5 Å². The Hall–Kier alpha value is -2.79. The van der Waals surface area contributed by atoms with Crippen LogP contribution in [-0.4, -0.2) is 49.1 Å². The molecule has 5 nitrogen and oxygen atoms in total. The first-order chi connectivity index (χ1) is 14.5. The molecule has 0 bridgehead atoms. The highest BCUT2D eigenvalue weighted by atomic mass is 16.2. The number of fused-ring (bicyclic) bond motifs is 1. The third kappa shape index (κ3) is 4.36. The molecule has 0 N–H and O–H groups in total. The molecule has 0 radical (unpaired) electrons. The number of hydrogen-bond donors (Lipinski definition) is 0. The first kappa shape index (κ1) is 21.9. The summed E-state index contributed by atoms with van der Waals surface area (Å²) >= 11 is 0. The maximum absolute atomic E-state index is 13.5. The predicted octanol–water partition coefficient (Wildman–Crippen LogP) is 4.38. The second kappa shape index (κ2) is 9.81. The van der Waals surface area contributed by atoms with Crippen molar-refractivity contribution in [1.82, 2.24) is 4.90 Å². The van der Waals surface area contributed by atoms with E-state index in [1.165, 1.54) is 4.90 Å². The summed E-state index contributed by atoms with van der Waals surface area (Å²) in [5.41, 5.74) is 3.81. The second-order valence-electron chi connectivity index (χ2n) is 7.72. The van der Waals surface area contributed by atoms with E-state index in [4.69, 9.17) is 0 Å². The van der Waals surface area contributed by atoms with Gasteiger partial charge in [0.1, 0.15) is 0 Å². The number of para-hydroxylation sites is 1. The van der Waals surface area contributed by atoms with Crippen molar-refractivity contribution < 1.29 is 9.59 Å². The minimum Gasteiger partial charge on any atom is -0.304 e. The average Bonchev–Trinajstić information content (AvgIpc) is 2.75. The Morgan fingerprint density at radius 2 is 1.67 bits per heavy atom. The Kier molecular flexibility index (Phi) is 7.16. The molecule has 1 unspecified atom stereocenters. The maximum Gasteiger partial charge on any atom is 0.265 e. The summed E-state index contributed by atoms with van der Waals surface area (Å²) in [5.74, 6) is -1.05. The summed E-state index contributed by atoms with van der Waals surface area (Å²) < 4.78 is 0. The van der Waals surface area contributed by atoms with Crippen LogP contribution >= 0.6 is 0 Å². The number of hydrogen-bond acceptors (Lipinski definition) is 4. The third-order valence-corrected chi connectivity index (χ3v) is 5.79. The molecule has 1 aliphatic rings. The van der Waals surface area contributed by atoms with Gasteiger partial charge < -0.3 is 4.90 Å². The van der Waals surface area contributed by atoms with E-state index in [9.17, 15) is 9.59 Å². The standard InChI is InChI=1S/C25H31N3O2/c1-5-27(6-2)16-10-15-26-17-22-20-13-7-8-14-21(20)24(29)28(25(22)30)23-18(3)11-9-12-19(23)4/h7-9,11-14,17,22H,5-6,10,15-16H2,1-4H3. The fourth-order valence-corrected chi connectivity index (χ4v) is 4.08. The number of aryl methyl sites for hydroxylation is 2. The van der Waals surface area contributed by atoms with Crippen molar-refractivity contribution in [2.45, 2.75) is 40.0 Å². The van der Waals surface area contributed by atoms with E-state index in [-0.39, 0.29) is 11.8 Å². The van der Waals surface area contributed by atoms with Crippen molar-refractivity contribution in [1.29, 1.82) is 0 Å². The van der Waals surface area contributed by atoms with E-state index in [1.54, 1.807) is 12.3 Å². The third-order valence-electron chi connectivity index (χ3n) is 5.79. The number of aliphatic imine (C=N–C) groups is 1. The molecule has 0 aromatic heterocycles. The molecule has 2 amide bonds. The minimum absolute atomic E-state index is 0.233. The molecule has 30 heavy (non-hydrogen) atoms. The smallest absolute Gasteiger partial charge is 0.265 e. The molecule has 2 aromatic carbocycles. The van der Waals surface area contributed by atoms with Crippen LogP contribution in [0.25, 0.3) is 0 Å². The van der Waals surface area contributed by atoms with Gasteiger partial charge in [-0.2, -0.15) is 0 Å². The van der Waals surface area contributed by atoms with Gasteiger partial charge in [0.25, 0.3) is 5.91 Å². The van der Waals surface area contributed by atoms with Crippen LogP contribution in [-0.2, 0) is 4.79 Å². The highest BCUT2D eigenvalue weighted by Crippen LogP contribution is 2.35. The highest BCUT2D eigenvalue weighted by Gasteiger charge is 2.39. The molecular formula is C25H31N3O2. The lowest BCUT2D eigenvalue weighted by atomic mass is 9.88. The number of nitrogens with zero attached hydrogens (tertiary/aromatic N) is 3. The Labute approximate surface area is 179 Å². The first-order valence-electron chi connectivity index (χ1n) is 10.7. The topological polar surface area (TPSA) is 53.0 Å². The molecule has 1 aliphatic heterocycles. The van der Waals surface area contributed by atoms with Gasteiger partial charge in [-0.05, 0) is 62.7 Å². The zero-order chi connectivity index (χ0) is 21.7. The summed E-state index contributed by atoms with van der Waals surface area (Å²) in [6.45, 7) is 11.9. The van der Waals surface area contributed by atoms with Crippen molar-refractivity contribution in [2.24, 2.45) is 4.99 Å². The fourth-order valence-electron chi connectivity index (χ4n) is 4.08. The second-order valence-corrected chi connectivity index (χ2v) is 7.72. The average molecular weight is 406 g/mol. The Morgan fingerprint density at radius 1 is 1.00 bits per heavy atom. The molecule has 0 spiro atoms. The van der Waals surface area contributed by atoms with E-state index < -0.39 is 5.92 Å². The zero-order valence-electron chi connectivity index (χ0n) is 18.4. The van der Waals surface area contributed by atoms with E-state index in [2.05, 4.69) is 23.7 Å². The van der Waals surface area contributed by atoms with Crippen LogP contribution in [0.1, 0.15) is 53.2 Å². The number of amides is 2. The fraction of sp³-hybridized carbons (Fsp3) is 0.400. The molecule has 3 rings (SSSR count). The quantitative estimate of drug-likeness (QED) is 0.372. The lowest BCUT2D eigenvalue weighted by molar-refractivity contribution is -0.118. The largest absolute Gasteiger partial charge is 0.304 e. The molecule has 1 atom stereocenters. The molecule has 0 saturated carbocycles. The molecule has 1 heterocycles. The van der Waals surface area contributed by atoms with Crippen LogP contribution in [0, 0.1) is 13.8 Å². The normalized spacial score (nSPS) is 16.6. The Bertz CT molecular complexity index is 927. The number of anilines is 1. The van der Waals surface area contributed by atoms with E-state index in [1.807, 2.05) is 50.2 Å². The molecule has 5 heteroatoms. The van der Waals surface area contributed by atoms with Gasteiger partial charge in [0.15, 0.2) is 0 Å². The number of carbonyl (C=O) groups is 2. The minimum atomic E-state index is -0.550. The number of benzene rings is 2. The van der Waals surface area contributed by atoms with Crippen molar-refractivity contribution in [3.8, 4) is 0 Å². The SMILES string of the molecule is CCN(CC)CCCN=CC1C(=O)N(c2c(C)cccc2C)C(=O)c2ccccc21. The number of rotatable bonds is 8. The van der Waals surface area contributed by atoms with Gasteiger partial charge in [-0.3, -0.25) is 14.6 Å². The summed E-state index contributed by atoms with van der Waals surface area (Å²) in [4.78, 5) is 35.0. The van der Waals surface area contributed by atoms with E-state index >= 15 is 0 Å². The number of carbonyl (C=O) groups excluding carboxylic acids is 2. The van der Waals surface area contributed by atoms with E-state index in [0.717, 1.165) is 42.7 Å². The molecular weight excluding hydrogens is 374 g/mol. The molecule has 0 aliphatic carbocycles. The van der Waals surface area contributed by atoms with Gasteiger partial charge in [-0.15, -0.1) is 0 Å². The molecule has 0 fully saturated rings. The summed E-state index contributed by atoms with van der Waals surface area (Å²) in [7, 11) is 0. The van der Waals surface area contributed by atoms with Crippen molar-refractivity contribution >= 4 is 23.7 Å². The lowest BCUT2D eigenvalue weighted by Gasteiger charge is -2.32. The molecule has 0 saturated heterocycles. The van der Waals surface area contributed by atoms with Crippen LogP contribution < -0.4 is 4.90 Å².